The number of rotatable bonds is 1. The van der Waals surface area contributed by atoms with Crippen molar-refractivity contribution in [3.05, 3.63) is 53.7 Å². The van der Waals surface area contributed by atoms with Gasteiger partial charge in [0.1, 0.15) is 0 Å². The third-order valence-electron chi connectivity index (χ3n) is 3.53. The van der Waals surface area contributed by atoms with Gasteiger partial charge in [0.25, 0.3) is 0 Å². The van der Waals surface area contributed by atoms with Crippen LogP contribution in [0.1, 0.15) is 11.3 Å². The number of benzene rings is 2. The van der Waals surface area contributed by atoms with Crippen LogP contribution in [0.3, 0.4) is 0 Å². The molecule has 0 spiro atoms. The second kappa shape index (κ2) is 3.91. The largest absolute Gasteiger partial charge is 0.399 e. The number of hydrogen-bond donors (Lipinski definition) is 2. The highest BCUT2D eigenvalue weighted by Gasteiger charge is 2.06. The van der Waals surface area contributed by atoms with E-state index in [1.165, 1.54) is 27.7 Å². The number of anilines is 1. The van der Waals surface area contributed by atoms with Gasteiger partial charge in [-0.05, 0) is 54.8 Å². The molecule has 0 saturated heterocycles. The topological polar surface area (TPSA) is 41.8 Å². The number of aromatic amines is 1. The SMILES string of the molecule is Cc1[nH]c2ccc(-c3cccc(N)c3)cc2c1C. The third-order valence-corrected chi connectivity index (χ3v) is 3.53. The van der Waals surface area contributed by atoms with Crippen molar-refractivity contribution in [1.29, 1.82) is 0 Å². The summed E-state index contributed by atoms with van der Waals surface area (Å²) in [6.07, 6.45) is 0. The summed E-state index contributed by atoms with van der Waals surface area (Å²) >= 11 is 0. The van der Waals surface area contributed by atoms with Gasteiger partial charge in [-0.15, -0.1) is 0 Å². The Morgan fingerprint density at radius 1 is 0.944 bits per heavy atom. The second-order valence-electron chi connectivity index (χ2n) is 4.76. The van der Waals surface area contributed by atoms with Crippen LogP contribution >= 0.6 is 0 Å². The van der Waals surface area contributed by atoms with Crippen LogP contribution in [-0.2, 0) is 0 Å². The predicted molar refractivity (Wildman–Crippen MR) is 77.6 cm³/mol. The van der Waals surface area contributed by atoms with Gasteiger partial charge in [-0.2, -0.15) is 0 Å². The van der Waals surface area contributed by atoms with Crippen molar-refractivity contribution in [1.82, 2.24) is 4.98 Å². The van der Waals surface area contributed by atoms with Gasteiger partial charge < -0.3 is 10.7 Å². The van der Waals surface area contributed by atoms with Crippen LogP contribution in [0.15, 0.2) is 42.5 Å². The molecular formula is C16H16N2. The highest BCUT2D eigenvalue weighted by molar-refractivity contribution is 5.89. The monoisotopic (exact) mass is 236 g/mol. The van der Waals surface area contributed by atoms with Gasteiger partial charge in [-0.3, -0.25) is 0 Å². The molecule has 0 fully saturated rings. The standard InChI is InChI=1S/C16H16N2/c1-10-11(2)18-16-7-6-13(9-15(10)16)12-4-3-5-14(17)8-12/h3-9,18H,17H2,1-2H3. The Kier molecular flexibility index (Phi) is 2.37. The van der Waals surface area contributed by atoms with E-state index < -0.39 is 0 Å². The Hall–Kier alpha value is -2.22. The molecule has 1 heterocycles. The summed E-state index contributed by atoms with van der Waals surface area (Å²) in [6, 6.07) is 14.5. The number of aryl methyl sites for hydroxylation is 2. The maximum absolute atomic E-state index is 5.84. The Morgan fingerprint density at radius 2 is 1.72 bits per heavy atom. The van der Waals surface area contributed by atoms with Crippen LogP contribution < -0.4 is 5.73 Å². The van der Waals surface area contributed by atoms with E-state index in [0.29, 0.717) is 0 Å². The minimum Gasteiger partial charge on any atom is -0.399 e. The van der Waals surface area contributed by atoms with E-state index in [-0.39, 0.29) is 0 Å². The van der Waals surface area contributed by atoms with Gasteiger partial charge in [0.2, 0.25) is 0 Å². The Bertz CT molecular complexity index is 723. The first-order valence-electron chi connectivity index (χ1n) is 6.10. The Labute approximate surface area is 106 Å². The molecule has 0 bridgehead atoms. The summed E-state index contributed by atoms with van der Waals surface area (Å²) in [5.74, 6) is 0. The number of H-pyrrole nitrogens is 1. The molecule has 0 amide bonds. The normalized spacial score (nSPS) is 11.0. The molecule has 3 N–H and O–H groups in total. The lowest BCUT2D eigenvalue weighted by Gasteiger charge is -2.03. The Balaban J connectivity index is 2.21. The number of nitrogen functional groups attached to an aromatic ring is 1. The van der Waals surface area contributed by atoms with Crippen molar-refractivity contribution >= 4 is 16.6 Å². The van der Waals surface area contributed by atoms with Crippen LogP contribution in [0.5, 0.6) is 0 Å². The molecule has 0 saturated carbocycles. The maximum atomic E-state index is 5.84. The molecule has 2 heteroatoms. The highest BCUT2D eigenvalue weighted by atomic mass is 14.7. The van der Waals surface area contributed by atoms with Crippen molar-refractivity contribution < 1.29 is 0 Å². The fourth-order valence-corrected chi connectivity index (χ4v) is 2.36. The predicted octanol–water partition coefficient (Wildman–Crippen LogP) is 4.03. The minimum absolute atomic E-state index is 0.801. The molecule has 0 radical (unpaired) electrons. The number of fused-ring (bicyclic) bond motifs is 1. The van der Waals surface area contributed by atoms with E-state index in [4.69, 9.17) is 5.73 Å². The van der Waals surface area contributed by atoms with E-state index in [9.17, 15) is 0 Å². The maximum Gasteiger partial charge on any atom is 0.0459 e. The number of nitrogens with two attached hydrogens (primary N) is 1. The number of hydrogen-bond acceptors (Lipinski definition) is 1. The molecule has 0 aliphatic carbocycles. The molecule has 0 atom stereocenters. The summed E-state index contributed by atoms with van der Waals surface area (Å²) in [5, 5.41) is 1.28. The van der Waals surface area contributed by atoms with Crippen LogP contribution in [0.2, 0.25) is 0 Å². The summed E-state index contributed by atoms with van der Waals surface area (Å²) < 4.78 is 0. The summed E-state index contributed by atoms with van der Waals surface area (Å²) in [6.45, 7) is 4.26. The van der Waals surface area contributed by atoms with Gasteiger partial charge in [0, 0.05) is 22.3 Å². The molecule has 0 aliphatic rings. The summed E-state index contributed by atoms with van der Waals surface area (Å²) in [7, 11) is 0. The molecule has 2 aromatic carbocycles. The van der Waals surface area contributed by atoms with E-state index in [0.717, 1.165) is 11.3 Å². The van der Waals surface area contributed by atoms with Gasteiger partial charge in [0.15, 0.2) is 0 Å². The third kappa shape index (κ3) is 1.66. The highest BCUT2D eigenvalue weighted by Crippen LogP contribution is 2.28. The molecule has 1 aromatic heterocycles. The number of nitrogens with one attached hydrogen (secondary N) is 1. The fourth-order valence-electron chi connectivity index (χ4n) is 2.36. The second-order valence-corrected chi connectivity index (χ2v) is 4.76. The average molecular weight is 236 g/mol. The van der Waals surface area contributed by atoms with Crippen molar-refractivity contribution in [3.8, 4) is 11.1 Å². The van der Waals surface area contributed by atoms with Gasteiger partial charge in [-0.25, -0.2) is 0 Å². The minimum atomic E-state index is 0.801. The lowest BCUT2D eigenvalue weighted by Crippen LogP contribution is -1.85. The van der Waals surface area contributed by atoms with E-state index in [1.54, 1.807) is 0 Å². The first kappa shape index (κ1) is 10.9. The van der Waals surface area contributed by atoms with Gasteiger partial charge in [-0.1, -0.05) is 18.2 Å². The van der Waals surface area contributed by atoms with Crippen LogP contribution in [-0.4, -0.2) is 4.98 Å². The number of aromatic nitrogens is 1. The van der Waals surface area contributed by atoms with Crippen molar-refractivity contribution in [3.63, 3.8) is 0 Å². The molecule has 18 heavy (non-hydrogen) atoms. The first-order chi connectivity index (χ1) is 8.65. The quantitative estimate of drug-likeness (QED) is 0.615. The molecule has 3 aromatic rings. The van der Waals surface area contributed by atoms with Gasteiger partial charge >= 0.3 is 0 Å². The summed E-state index contributed by atoms with van der Waals surface area (Å²) in [5.41, 5.74) is 12.7. The first-order valence-corrected chi connectivity index (χ1v) is 6.10. The fraction of sp³-hybridized carbons (Fsp3) is 0.125. The van der Waals surface area contributed by atoms with Crippen molar-refractivity contribution in [2.45, 2.75) is 13.8 Å². The zero-order valence-electron chi connectivity index (χ0n) is 10.6. The van der Waals surface area contributed by atoms with Crippen LogP contribution in [0.4, 0.5) is 5.69 Å². The van der Waals surface area contributed by atoms with Crippen LogP contribution in [0, 0.1) is 13.8 Å². The van der Waals surface area contributed by atoms with Crippen molar-refractivity contribution in [2.75, 3.05) is 5.73 Å². The lowest BCUT2D eigenvalue weighted by molar-refractivity contribution is 1.25. The lowest BCUT2D eigenvalue weighted by atomic mass is 10.0. The van der Waals surface area contributed by atoms with E-state index >= 15 is 0 Å². The van der Waals surface area contributed by atoms with E-state index in [2.05, 4.69) is 43.1 Å². The molecule has 0 aliphatic heterocycles. The molecular weight excluding hydrogens is 220 g/mol. The average Bonchev–Trinajstić information content (AvgIpc) is 2.65. The summed E-state index contributed by atoms with van der Waals surface area (Å²) in [4.78, 5) is 3.39. The molecule has 0 unspecified atom stereocenters. The zero-order valence-corrected chi connectivity index (χ0v) is 10.6. The van der Waals surface area contributed by atoms with Crippen molar-refractivity contribution in [2.24, 2.45) is 0 Å². The van der Waals surface area contributed by atoms with E-state index in [1.807, 2.05) is 18.2 Å². The smallest absolute Gasteiger partial charge is 0.0459 e. The molecule has 2 nitrogen and oxygen atoms in total. The van der Waals surface area contributed by atoms with Crippen LogP contribution in [0.25, 0.3) is 22.0 Å². The Morgan fingerprint density at radius 3 is 2.50 bits per heavy atom. The molecule has 90 valence electrons. The molecule has 3 rings (SSSR count). The zero-order chi connectivity index (χ0) is 12.7. The van der Waals surface area contributed by atoms with Gasteiger partial charge in [0.05, 0.1) is 0 Å².